The van der Waals surface area contributed by atoms with Gasteiger partial charge in [-0.2, -0.15) is 0 Å². The first kappa shape index (κ1) is 20.4. The standard InChI is InChI=1S/C22H24FN5OS/c1-16-5-8-18(9-6-16)28-15-24-26-22(28)30-14-21(29)25-19-13-17(23)7-10-20(19)27-11-3-2-4-12-27/h5-10,13,15H,2-4,11-12,14H2,1H3,(H,25,29). The Morgan fingerprint density at radius 2 is 1.90 bits per heavy atom. The molecular weight excluding hydrogens is 401 g/mol. The Labute approximate surface area is 179 Å². The Hall–Kier alpha value is -2.87. The lowest BCUT2D eigenvalue weighted by molar-refractivity contribution is -0.113. The van der Waals surface area contributed by atoms with E-state index in [1.807, 2.05) is 35.8 Å². The molecule has 0 spiro atoms. The summed E-state index contributed by atoms with van der Waals surface area (Å²) >= 11 is 1.30. The second-order valence-corrected chi connectivity index (χ2v) is 8.31. The third-order valence-corrected chi connectivity index (χ3v) is 6.03. The molecular formula is C22H24FN5OS. The number of thioether (sulfide) groups is 1. The zero-order valence-electron chi connectivity index (χ0n) is 16.8. The molecule has 1 aliphatic rings. The summed E-state index contributed by atoms with van der Waals surface area (Å²) in [6, 6.07) is 12.6. The van der Waals surface area contributed by atoms with E-state index in [9.17, 15) is 9.18 Å². The van der Waals surface area contributed by atoms with Gasteiger partial charge >= 0.3 is 0 Å². The highest BCUT2D eigenvalue weighted by molar-refractivity contribution is 7.99. The van der Waals surface area contributed by atoms with Gasteiger partial charge in [0.15, 0.2) is 5.16 Å². The van der Waals surface area contributed by atoms with Crippen molar-refractivity contribution >= 4 is 29.0 Å². The summed E-state index contributed by atoms with van der Waals surface area (Å²) in [6.07, 6.45) is 5.05. The Morgan fingerprint density at radius 3 is 2.67 bits per heavy atom. The predicted octanol–water partition coefficient (Wildman–Crippen LogP) is 4.44. The van der Waals surface area contributed by atoms with Crippen LogP contribution in [0.3, 0.4) is 0 Å². The number of hydrogen-bond donors (Lipinski definition) is 1. The first-order valence-corrected chi connectivity index (χ1v) is 11.0. The predicted molar refractivity (Wildman–Crippen MR) is 118 cm³/mol. The average molecular weight is 426 g/mol. The van der Waals surface area contributed by atoms with Gasteiger partial charge < -0.3 is 10.2 Å². The van der Waals surface area contributed by atoms with Crippen LogP contribution in [0.1, 0.15) is 24.8 Å². The van der Waals surface area contributed by atoms with Gasteiger partial charge in [-0.05, 0) is 56.5 Å². The molecule has 2 aromatic carbocycles. The molecule has 0 atom stereocenters. The van der Waals surface area contributed by atoms with E-state index < -0.39 is 0 Å². The molecule has 3 aromatic rings. The highest BCUT2D eigenvalue weighted by Crippen LogP contribution is 2.30. The molecule has 1 N–H and O–H groups in total. The molecule has 1 aliphatic heterocycles. The van der Waals surface area contributed by atoms with Crippen LogP contribution in [0.25, 0.3) is 5.69 Å². The van der Waals surface area contributed by atoms with Gasteiger partial charge in [-0.1, -0.05) is 29.5 Å². The van der Waals surface area contributed by atoms with Crippen molar-refractivity contribution in [1.82, 2.24) is 14.8 Å². The molecule has 0 saturated carbocycles. The smallest absolute Gasteiger partial charge is 0.234 e. The van der Waals surface area contributed by atoms with Crippen LogP contribution in [-0.4, -0.2) is 39.5 Å². The third-order valence-electron chi connectivity index (χ3n) is 5.09. The highest BCUT2D eigenvalue weighted by Gasteiger charge is 2.17. The maximum absolute atomic E-state index is 13.8. The van der Waals surface area contributed by atoms with Crippen LogP contribution in [0.4, 0.5) is 15.8 Å². The third kappa shape index (κ3) is 4.81. The molecule has 2 heterocycles. The van der Waals surface area contributed by atoms with Crippen LogP contribution in [-0.2, 0) is 4.79 Å². The van der Waals surface area contributed by atoms with E-state index in [0.29, 0.717) is 10.8 Å². The number of carbonyl (C=O) groups excluding carboxylic acids is 1. The van der Waals surface area contributed by atoms with Gasteiger partial charge in [0.05, 0.1) is 17.1 Å². The molecule has 1 aromatic heterocycles. The number of hydrogen-bond acceptors (Lipinski definition) is 5. The van der Waals surface area contributed by atoms with Crippen LogP contribution in [0.15, 0.2) is 53.9 Å². The number of halogens is 1. The molecule has 156 valence electrons. The Bertz CT molecular complexity index is 1010. The van der Waals surface area contributed by atoms with Crippen molar-refractivity contribution in [2.75, 3.05) is 29.1 Å². The van der Waals surface area contributed by atoms with Crippen molar-refractivity contribution in [2.45, 2.75) is 31.3 Å². The van der Waals surface area contributed by atoms with Crippen molar-refractivity contribution in [2.24, 2.45) is 0 Å². The Morgan fingerprint density at radius 1 is 1.13 bits per heavy atom. The number of nitrogens with one attached hydrogen (secondary N) is 1. The van der Waals surface area contributed by atoms with Crippen LogP contribution < -0.4 is 10.2 Å². The lowest BCUT2D eigenvalue weighted by atomic mass is 10.1. The summed E-state index contributed by atoms with van der Waals surface area (Å²) in [5.41, 5.74) is 3.49. The number of piperidine rings is 1. The topological polar surface area (TPSA) is 63.1 Å². The summed E-state index contributed by atoms with van der Waals surface area (Å²) in [5.74, 6) is -0.416. The maximum Gasteiger partial charge on any atom is 0.234 e. The summed E-state index contributed by atoms with van der Waals surface area (Å²) in [4.78, 5) is 14.8. The quantitative estimate of drug-likeness (QED) is 0.592. The fourth-order valence-electron chi connectivity index (χ4n) is 3.54. The summed E-state index contributed by atoms with van der Waals surface area (Å²) in [5, 5.41) is 11.6. The molecule has 0 bridgehead atoms. The van der Waals surface area contributed by atoms with Gasteiger partial charge in [-0.3, -0.25) is 9.36 Å². The SMILES string of the molecule is Cc1ccc(-n2cnnc2SCC(=O)Nc2cc(F)ccc2N2CCCCC2)cc1. The number of carbonyl (C=O) groups is 1. The monoisotopic (exact) mass is 425 g/mol. The minimum atomic E-state index is -0.363. The second kappa shape index (κ2) is 9.30. The number of amides is 1. The normalized spacial score (nSPS) is 14.0. The molecule has 0 radical (unpaired) electrons. The maximum atomic E-state index is 13.8. The molecule has 1 saturated heterocycles. The van der Waals surface area contributed by atoms with E-state index in [4.69, 9.17) is 0 Å². The van der Waals surface area contributed by atoms with E-state index in [0.717, 1.165) is 37.3 Å². The van der Waals surface area contributed by atoms with E-state index in [1.165, 1.54) is 35.9 Å². The van der Waals surface area contributed by atoms with E-state index >= 15 is 0 Å². The minimum absolute atomic E-state index is 0.153. The molecule has 1 fully saturated rings. The first-order valence-electron chi connectivity index (χ1n) is 10.0. The van der Waals surface area contributed by atoms with Gasteiger partial charge in [-0.15, -0.1) is 10.2 Å². The number of aromatic nitrogens is 3. The minimum Gasteiger partial charge on any atom is -0.370 e. The average Bonchev–Trinajstić information content (AvgIpc) is 3.22. The van der Waals surface area contributed by atoms with Gasteiger partial charge in [0.25, 0.3) is 0 Å². The lowest BCUT2D eigenvalue weighted by Crippen LogP contribution is -2.30. The number of aryl methyl sites for hydroxylation is 1. The van der Waals surface area contributed by atoms with Crippen LogP contribution >= 0.6 is 11.8 Å². The number of anilines is 2. The molecule has 6 nitrogen and oxygen atoms in total. The van der Waals surface area contributed by atoms with Crippen LogP contribution in [0.5, 0.6) is 0 Å². The van der Waals surface area contributed by atoms with Gasteiger partial charge in [0, 0.05) is 18.8 Å². The van der Waals surface area contributed by atoms with Crippen molar-refractivity contribution in [1.29, 1.82) is 0 Å². The number of rotatable bonds is 6. The second-order valence-electron chi connectivity index (χ2n) is 7.37. The first-order chi connectivity index (χ1) is 14.6. The van der Waals surface area contributed by atoms with Crippen molar-refractivity contribution < 1.29 is 9.18 Å². The largest absolute Gasteiger partial charge is 0.370 e. The lowest BCUT2D eigenvalue weighted by Gasteiger charge is -2.30. The fourth-order valence-corrected chi connectivity index (χ4v) is 4.27. The van der Waals surface area contributed by atoms with Gasteiger partial charge in [0.1, 0.15) is 12.1 Å². The van der Waals surface area contributed by atoms with E-state index in [-0.39, 0.29) is 17.5 Å². The van der Waals surface area contributed by atoms with Crippen molar-refractivity contribution in [3.05, 3.63) is 60.2 Å². The molecule has 1 amide bonds. The highest BCUT2D eigenvalue weighted by atomic mass is 32.2. The Kier molecular flexibility index (Phi) is 6.32. The number of nitrogens with zero attached hydrogens (tertiary/aromatic N) is 4. The zero-order chi connectivity index (χ0) is 20.9. The molecule has 0 aliphatic carbocycles. The Balaban J connectivity index is 1.43. The summed E-state index contributed by atoms with van der Waals surface area (Å²) in [6.45, 7) is 3.87. The van der Waals surface area contributed by atoms with Crippen LogP contribution in [0.2, 0.25) is 0 Å². The molecule has 8 heteroatoms. The van der Waals surface area contributed by atoms with Crippen molar-refractivity contribution in [3.8, 4) is 5.69 Å². The molecule has 0 unspecified atom stereocenters. The van der Waals surface area contributed by atoms with E-state index in [1.54, 1.807) is 12.4 Å². The molecule has 4 rings (SSSR count). The zero-order valence-corrected chi connectivity index (χ0v) is 17.7. The summed E-state index contributed by atoms with van der Waals surface area (Å²) in [7, 11) is 0. The number of benzene rings is 2. The van der Waals surface area contributed by atoms with Crippen molar-refractivity contribution in [3.63, 3.8) is 0 Å². The van der Waals surface area contributed by atoms with Crippen LogP contribution in [0, 0.1) is 12.7 Å². The fraction of sp³-hybridized carbons (Fsp3) is 0.318. The summed E-state index contributed by atoms with van der Waals surface area (Å²) < 4.78 is 15.7. The van der Waals surface area contributed by atoms with Gasteiger partial charge in [0.2, 0.25) is 5.91 Å². The molecule has 30 heavy (non-hydrogen) atoms. The van der Waals surface area contributed by atoms with E-state index in [2.05, 4.69) is 20.4 Å². The van der Waals surface area contributed by atoms with Gasteiger partial charge in [-0.25, -0.2) is 4.39 Å².